The van der Waals surface area contributed by atoms with Gasteiger partial charge in [-0.05, 0) is 36.6 Å². The number of benzene rings is 2. The number of aromatic nitrogens is 2. The third-order valence-corrected chi connectivity index (χ3v) is 5.35. The van der Waals surface area contributed by atoms with Crippen molar-refractivity contribution in [3.8, 4) is 28.7 Å². The van der Waals surface area contributed by atoms with Gasteiger partial charge in [0.1, 0.15) is 11.6 Å². The molecule has 0 atom stereocenters. The molecule has 0 aliphatic heterocycles. The molecule has 4 rings (SSSR count). The van der Waals surface area contributed by atoms with Gasteiger partial charge in [-0.15, -0.1) is 0 Å². The molecule has 1 aromatic heterocycles. The van der Waals surface area contributed by atoms with Crippen LogP contribution in [0.5, 0.6) is 28.7 Å². The lowest BCUT2D eigenvalue weighted by Crippen LogP contribution is -2.07. The number of ether oxygens (including phenoxy) is 5. The normalized spacial score (nSPS) is 13.1. The summed E-state index contributed by atoms with van der Waals surface area (Å²) in [6.07, 6.45) is 2.23. The summed E-state index contributed by atoms with van der Waals surface area (Å²) in [6, 6.07) is 7.64. The monoisotopic (exact) mass is 425 g/mol. The van der Waals surface area contributed by atoms with Crippen molar-refractivity contribution in [2.45, 2.75) is 25.3 Å². The van der Waals surface area contributed by atoms with E-state index in [9.17, 15) is 0 Å². The number of hydrogen-bond acceptors (Lipinski definition) is 8. The summed E-state index contributed by atoms with van der Waals surface area (Å²) in [5, 5.41) is 4.33. The van der Waals surface area contributed by atoms with Crippen molar-refractivity contribution in [1.82, 2.24) is 9.97 Å². The van der Waals surface area contributed by atoms with Gasteiger partial charge in [-0.3, -0.25) is 0 Å². The average molecular weight is 425 g/mol. The van der Waals surface area contributed by atoms with E-state index in [1.807, 2.05) is 24.3 Å². The molecule has 8 heteroatoms. The standard InChI is InChI=1S/C23H27N3O5/c1-27-17-10-15-16(11-18(17)28-2)25-22(14-6-7-14)26-23(15)24-12-13-8-19(29-3)21(31-5)20(9-13)30-4/h8-11,14H,6-7,12H2,1-5H3,(H,24,25,26). The van der Waals surface area contributed by atoms with Gasteiger partial charge in [-0.1, -0.05) is 0 Å². The molecule has 31 heavy (non-hydrogen) atoms. The molecule has 0 bridgehead atoms. The summed E-state index contributed by atoms with van der Waals surface area (Å²) in [5.41, 5.74) is 1.79. The first kappa shape index (κ1) is 20.8. The molecular formula is C23H27N3O5. The van der Waals surface area contributed by atoms with Crippen molar-refractivity contribution in [1.29, 1.82) is 0 Å². The predicted octanol–water partition coefficient (Wildman–Crippen LogP) is 4.16. The maximum atomic E-state index is 5.48. The first-order valence-electron chi connectivity index (χ1n) is 10.1. The van der Waals surface area contributed by atoms with Crippen LogP contribution < -0.4 is 29.0 Å². The van der Waals surface area contributed by atoms with E-state index in [4.69, 9.17) is 33.7 Å². The highest BCUT2D eigenvalue weighted by molar-refractivity contribution is 5.92. The zero-order valence-corrected chi connectivity index (χ0v) is 18.4. The summed E-state index contributed by atoms with van der Waals surface area (Å²) in [5.74, 6) is 5.08. The molecule has 0 unspecified atom stereocenters. The second-order valence-electron chi connectivity index (χ2n) is 7.32. The van der Waals surface area contributed by atoms with E-state index in [-0.39, 0.29) is 0 Å². The Morgan fingerprint density at radius 3 is 1.94 bits per heavy atom. The molecule has 1 fully saturated rings. The van der Waals surface area contributed by atoms with Crippen LogP contribution in [0.4, 0.5) is 5.82 Å². The highest BCUT2D eigenvalue weighted by Gasteiger charge is 2.28. The largest absolute Gasteiger partial charge is 0.493 e. The SMILES string of the molecule is COc1cc2nc(C3CC3)nc(NCc3cc(OC)c(OC)c(OC)c3)c2cc1OC. The lowest BCUT2D eigenvalue weighted by Gasteiger charge is -2.16. The Morgan fingerprint density at radius 2 is 1.39 bits per heavy atom. The Morgan fingerprint density at radius 1 is 0.774 bits per heavy atom. The van der Waals surface area contributed by atoms with E-state index in [0.717, 1.165) is 41.0 Å². The number of nitrogens with one attached hydrogen (secondary N) is 1. The summed E-state index contributed by atoms with van der Waals surface area (Å²) >= 11 is 0. The molecule has 1 heterocycles. The second kappa shape index (κ2) is 8.75. The summed E-state index contributed by atoms with van der Waals surface area (Å²) in [4.78, 5) is 9.59. The van der Waals surface area contributed by atoms with Crippen LogP contribution in [0.1, 0.15) is 30.1 Å². The van der Waals surface area contributed by atoms with Crippen molar-refractivity contribution in [2.75, 3.05) is 40.9 Å². The van der Waals surface area contributed by atoms with Gasteiger partial charge in [0.2, 0.25) is 5.75 Å². The fraction of sp³-hybridized carbons (Fsp3) is 0.391. The Bertz CT molecular complexity index is 1070. The molecule has 0 spiro atoms. The topological polar surface area (TPSA) is 84.0 Å². The molecule has 1 N–H and O–H groups in total. The third kappa shape index (κ3) is 4.10. The average Bonchev–Trinajstić information content (AvgIpc) is 3.66. The first-order chi connectivity index (χ1) is 15.1. The van der Waals surface area contributed by atoms with Crippen LogP contribution in [0.15, 0.2) is 24.3 Å². The maximum absolute atomic E-state index is 5.48. The van der Waals surface area contributed by atoms with Gasteiger partial charge >= 0.3 is 0 Å². The van der Waals surface area contributed by atoms with E-state index in [1.165, 1.54) is 0 Å². The number of rotatable bonds is 9. The molecule has 8 nitrogen and oxygen atoms in total. The van der Waals surface area contributed by atoms with Crippen LogP contribution in [0.3, 0.4) is 0 Å². The number of methoxy groups -OCH3 is 5. The number of nitrogens with zero attached hydrogens (tertiary/aromatic N) is 2. The number of hydrogen-bond donors (Lipinski definition) is 1. The first-order valence-corrected chi connectivity index (χ1v) is 10.1. The molecule has 1 aliphatic rings. The third-order valence-electron chi connectivity index (χ3n) is 5.35. The number of anilines is 1. The van der Waals surface area contributed by atoms with E-state index in [0.29, 0.717) is 41.2 Å². The quantitative estimate of drug-likeness (QED) is 0.547. The van der Waals surface area contributed by atoms with Crippen LogP contribution in [0.2, 0.25) is 0 Å². The fourth-order valence-corrected chi connectivity index (χ4v) is 3.56. The van der Waals surface area contributed by atoms with Gasteiger partial charge in [-0.2, -0.15) is 0 Å². The van der Waals surface area contributed by atoms with Crippen molar-refractivity contribution in [3.05, 3.63) is 35.7 Å². The van der Waals surface area contributed by atoms with Gasteiger partial charge in [0.25, 0.3) is 0 Å². The molecular weight excluding hydrogens is 398 g/mol. The zero-order valence-electron chi connectivity index (χ0n) is 18.4. The minimum atomic E-state index is 0.416. The van der Waals surface area contributed by atoms with Gasteiger partial charge in [0.05, 0.1) is 41.1 Å². The molecule has 164 valence electrons. The molecule has 3 aromatic rings. The maximum Gasteiger partial charge on any atom is 0.203 e. The summed E-state index contributed by atoms with van der Waals surface area (Å²) in [7, 11) is 8.04. The molecule has 0 saturated heterocycles. The molecule has 1 saturated carbocycles. The van der Waals surface area contributed by atoms with Crippen molar-refractivity contribution < 1.29 is 23.7 Å². The molecule has 1 aliphatic carbocycles. The highest BCUT2D eigenvalue weighted by Crippen LogP contribution is 2.42. The van der Waals surface area contributed by atoms with Crippen LogP contribution in [-0.2, 0) is 6.54 Å². The van der Waals surface area contributed by atoms with E-state index in [1.54, 1.807) is 35.5 Å². The smallest absolute Gasteiger partial charge is 0.203 e. The van der Waals surface area contributed by atoms with Crippen LogP contribution in [0, 0.1) is 0 Å². The van der Waals surface area contributed by atoms with E-state index >= 15 is 0 Å². The van der Waals surface area contributed by atoms with Crippen molar-refractivity contribution in [3.63, 3.8) is 0 Å². The Labute approximate surface area is 181 Å². The lowest BCUT2D eigenvalue weighted by molar-refractivity contribution is 0.324. The van der Waals surface area contributed by atoms with E-state index < -0.39 is 0 Å². The second-order valence-corrected chi connectivity index (χ2v) is 7.32. The summed E-state index contributed by atoms with van der Waals surface area (Å²) in [6.45, 7) is 0.515. The van der Waals surface area contributed by atoms with Crippen molar-refractivity contribution in [2.24, 2.45) is 0 Å². The van der Waals surface area contributed by atoms with Gasteiger partial charge in [0.15, 0.2) is 23.0 Å². The minimum Gasteiger partial charge on any atom is -0.493 e. The van der Waals surface area contributed by atoms with Crippen molar-refractivity contribution >= 4 is 16.7 Å². The molecule has 0 amide bonds. The molecule has 0 radical (unpaired) electrons. The number of fused-ring (bicyclic) bond motifs is 1. The fourth-order valence-electron chi connectivity index (χ4n) is 3.56. The molecule has 2 aromatic carbocycles. The summed E-state index contributed by atoms with van der Waals surface area (Å²) < 4.78 is 27.3. The predicted molar refractivity (Wildman–Crippen MR) is 118 cm³/mol. The van der Waals surface area contributed by atoms with Crippen LogP contribution >= 0.6 is 0 Å². The highest BCUT2D eigenvalue weighted by atomic mass is 16.5. The Balaban J connectivity index is 1.72. The Kier molecular flexibility index (Phi) is 5.88. The lowest BCUT2D eigenvalue weighted by atomic mass is 10.1. The van der Waals surface area contributed by atoms with Gasteiger partial charge in [0, 0.05) is 23.9 Å². The Hall–Kier alpha value is -3.42. The minimum absolute atomic E-state index is 0.416. The van der Waals surface area contributed by atoms with Gasteiger partial charge < -0.3 is 29.0 Å². The van der Waals surface area contributed by atoms with Crippen LogP contribution in [-0.4, -0.2) is 45.5 Å². The zero-order chi connectivity index (χ0) is 22.0. The van der Waals surface area contributed by atoms with Crippen LogP contribution in [0.25, 0.3) is 10.9 Å². The van der Waals surface area contributed by atoms with Gasteiger partial charge in [-0.25, -0.2) is 9.97 Å². The van der Waals surface area contributed by atoms with E-state index in [2.05, 4.69) is 5.32 Å².